The number of ether oxygens (including phenoxy) is 1. The van der Waals surface area contributed by atoms with E-state index >= 15 is 0 Å². The second-order valence-electron chi connectivity index (χ2n) is 5.69. The molecule has 118 valence electrons. The van der Waals surface area contributed by atoms with Crippen molar-refractivity contribution >= 4 is 10.0 Å². The van der Waals surface area contributed by atoms with Gasteiger partial charge in [0.1, 0.15) is 5.82 Å². The van der Waals surface area contributed by atoms with Crippen LogP contribution in [-0.4, -0.2) is 26.7 Å². The third-order valence-electron chi connectivity index (χ3n) is 4.14. The Hall–Kier alpha value is -1.02. The van der Waals surface area contributed by atoms with Gasteiger partial charge in [-0.05, 0) is 44.9 Å². The Morgan fingerprint density at radius 2 is 2.19 bits per heavy atom. The number of benzene rings is 1. The molecule has 1 saturated heterocycles. The van der Waals surface area contributed by atoms with Crippen LogP contribution in [0.1, 0.15) is 31.4 Å². The Morgan fingerprint density at radius 1 is 1.52 bits per heavy atom. The van der Waals surface area contributed by atoms with Gasteiger partial charge in [0.2, 0.25) is 10.0 Å². The maximum absolute atomic E-state index is 13.9. The van der Waals surface area contributed by atoms with E-state index in [9.17, 15) is 12.8 Å². The molecule has 1 aliphatic rings. The van der Waals surface area contributed by atoms with Gasteiger partial charge in [0.15, 0.2) is 0 Å². The van der Waals surface area contributed by atoms with Crippen molar-refractivity contribution in [3.05, 3.63) is 29.1 Å². The van der Waals surface area contributed by atoms with Gasteiger partial charge < -0.3 is 10.5 Å². The summed E-state index contributed by atoms with van der Waals surface area (Å²) in [5, 5.41) is 0. The normalized spacial score (nSPS) is 26.2. The van der Waals surface area contributed by atoms with Crippen LogP contribution in [0.25, 0.3) is 0 Å². The molecule has 0 spiro atoms. The average Bonchev–Trinajstić information content (AvgIpc) is 2.71. The van der Waals surface area contributed by atoms with Crippen molar-refractivity contribution in [3.8, 4) is 0 Å². The van der Waals surface area contributed by atoms with Gasteiger partial charge in [0, 0.05) is 18.7 Å². The molecule has 1 fully saturated rings. The number of rotatable bonds is 4. The predicted octanol–water partition coefficient (Wildman–Crippen LogP) is 1.44. The number of hydrogen-bond acceptors (Lipinski definition) is 4. The highest BCUT2D eigenvalue weighted by atomic mass is 32.2. The van der Waals surface area contributed by atoms with Gasteiger partial charge in [-0.15, -0.1) is 0 Å². The molecule has 0 aliphatic carbocycles. The fourth-order valence-corrected chi connectivity index (χ4v) is 4.23. The van der Waals surface area contributed by atoms with Gasteiger partial charge in [-0.2, -0.15) is 0 Å². The van der Waals surface area contributed by atoms with E-state index in [1.807, 2.05) is 6.92 Å². The maximum atomic E-state index is 13.9. The van der Waals surface area contributed by atoms with Crippen LogP contribution in [0, 0.1) is 12.7 Å². The van der Waals surface area contributed by atoms with Gasteiger partial charge in [-0.3, -0.25) is 0 Å². The highest BCUT2D eigenvalue weighted by Crippen LogP contribution is 2.29. The molecule has 5 nitrogen and oxygen atoms in total. The van der Waals surface area contributed by atoms with Gasteiger partial charge in [-0.25, -0.2) is 17.5 Å². The zero-order valence-corrected chi connectivity index (χ0v) is 13.3. The minimum absolute atomic E-state index is 0.0664. The average molecular weight is 316 g/mol. The van der Waals surface area contributed by atoms with Gasteiger partial charge in [-0.1, -0.05) is 0 Å². The summed E-state index contributed by atoms with van der Waals surface area (Å²) in [6.45, 7) is 5.63. The van der Waals surface area contributed by atoms with E-state index in [1.165, 1.54) is 19.1 Å². The lowest BCUT2D eigenvalue weighted by molar-refractivity contribution is 0.0957. The SMILES string of the molecule is Cc1c(F)cc(CN)cc1S(=O)(=O)NC1(C)CCOC1C. The first-order valence-corrected chi connectivity index (χ1v) is 8.32. The van der Waals surface area contributed by atoms with Crippen molar-refractivity contribution in [2.75, 3.05) is 6.61 Å². The zero-order valence-electron chi connectivity index (χ0n) is 12.4. The third-order valence-corrected chi connectivity index (χ3v) is 5.87. The molecule has 0 amide bonds. The van der Waals surface area contributed by atoms with Crippen LogP contribution in [0.15, 0.2) is 17.0 Å². The molecule has 21 heavy (non-hydrogen) atoms. The van der Waals surface area contributed by atoms with Crippen LogP contribution in [-0.2, 0) is 21.3 Å². The second kappa shape index (κ2) is 5.64. The third kappa shape index (κ3) is 3.11. The largest absolute Gasteiger partial charge is 0.376 e. The number of nitrogens with one attached hydrogen (secondary N) is 1. The van der Waals surface area contributed by atoms with Crippen LogP contribution < -0.4 is 10.5 Å². The molecular formula is C14H21FN2O3S. The summed E-state index contributed by atoms with van der Waals surface area (Å²) in [6.07, 6.45) is 0.334. The Balaban J connectivity index is 2.43. The first-order chi connectivity index (χ1) is 9.69. The van der Waals surface area contributed by atoms with Crippen molar-refractivity contribution in [1.82, 2.24) is 4.72 Å². The van der Waals surface area contributed by atoms with E-state index in [1.54, 1.807) is 6.92 Å². The van der Waals surface area contributed by atoms with Crippen LogP contribution in [0.2, 0.25) is 0 Å². The second-order valence-corrected chi connectivity index (χ2v) is 7.34. The van der Waals surface area contributed by atoms with Gasteiger partial charge in [0.05, 0.1) is 16.5 Å². The lowest BCUT2D eigenvalue weighted by Crippen LogP contribution is -2.50. The lowest BCUT2D eigenvalue weighted by atomic mass is 9.97. The quantitative estimate of drug-likeness (QED) is 0.880. The van der Waals surface area contributed by atoms with Crippen molar-refractivity contribution < 1.29 is 17.5 Å². The molecule has 0 radical (unpaired) electrons. The highest BCUT2D eigenvalue weighted by Gasteiger charge is 2.41. The molecule has 2 rings (SSSR count). The Kier molecular flexibility index (Phi) is 4.39. The smallest absolute Gasteiger partial charge is 0.241 e. The van der Waals surface area contributed by atoms with E-state index in [2.05, 4.69) is 4.72 Å². The Labute approximate surface area is 124 Å². The molecule has 0 aromatic heterocycles. The summed E-state index contributed by atoms with van der Waals surface area (Å²) in [6, 6.07) is 2.68. The van der Waals surface area contributed by atoms with Gasteiger partial charge in [0.25, 0.3) is 0 Å². The molecule has 0 bridgehead atoms. The van der Waals surface area contributed by atoms with E-state index in [-0.39, 0.29) is 23.1 Å². The van der Waals surface area contributed by atoms with E-state index in [0.717, 1.165) is 0 Å². The first kappa shape index (κ1) is 16.4. The minimum Gasteiger partial charge on any atom is -0.376 e. The van der Waals surface area contributed by atoms with Crippen molar-refractivity contribution in [2.45, 2.75) is 50.3 Å². The first-order valence-electron chi connectivity index (χ1n) is 6.84. The van der Waals surface area contributed by atoms with E-state index < -0.39 is 21.4 Å². The van der Waals surface area contributed by atoms with E-state index in [4.69, 9.17) is 10.5 Å². The fourth-order valence-electron chi connectivity index (χ4n) is 2.43. The van der Waals surface area contributed by atoms with Crippen LogP contribution >= 0.6 is 0 Å². The minimum atomic E-state index is -3.85. The lowest BCUT2D eigenvalue weighted by Gasteiger charge is -2.29. The fraction of sp³-hybridized carbons (Fsp3) is 0.571. The monoisotopic (exact) mass is 316 g/mol. The van der Waals surface area contributed by atoms with Crippen LogP contribution in [0.5, 0.6) is 0 Å². The maximum Gasteiger partial charge on any atom is 0.241 e. The van der Waals surface area contributed by atoms with Crippen molar-refractivity contribution in [3.63, 3.8) is 0 Å². The number of sulfonamides is 1. The standard InChI is InChI=1S/C14H21FN2O3S/c1-9-12(15)6-11(8-16)7-13(9)21(18,19)17-14(3)4-5-20-10(14)2/h6-7,10,17H,4-5,8,16H2,1-3H3. The Bertz CT molecular complexity index is 648. The summed E-state index contributed by atoms with van der Waals surface area (Å²) < 4.78 is 47.2. The number of nitrogens with two attached hydrogens (primary N) is 1. The Morgan fingerprint density at radius 3 is 2.71 bits per heavy atom. The molecule has 2 unspecified atom stereocenters. The molecular weight excluding hydrogens is 295 g/mol. The molecule has 0 saturated carbocycles. The van der Waals surface area contributed by atoms with Crippen molar-refractivity contribution in [1.29, 1.82) is 0 Å². The van der Waals surface area contributed by atoms with Crippen LogP contribution in [0.3, 0.4) is 0 Å². The predicted molar refractivity (Wildman–Crippen MR) is 77.8 cm³/mol. The molecule has 1 aliphatic heterocycles. The summed E-state index contributed by atoms with van der Waals surface area (Å²) in [5.74, 6) is -0.570. The summed E-state index contributed by atoms with van der Waals surface area (Å²) in [4.78, 5) is -0.0664. The molecule has 7 heteroatoms. The molecule has 1 aromatic rings. The molecule has 1 aromatic carbocycles. The summed E-state index contributed by atoms with van der Waals surface area (Å²) in [5.41, 5.74) is 5.33. The number of hydrogen-bond donors (Lipinski definition) is 2. The van der Waals surface area contributed by atoms with Crippen LogP contribution in [0.4, 0.5) is 4.39 Å². The molecule has 1 heterocycles. The molecule has 2 atom stereocenters. The summed E-state index contributed by atoms with van der Waals surface area (Å²) in [7, 11) is -3.85. The summed E-state index contributed by atoms with van der Waals surface area (Å²) >= 11 is 0. The zero-order chi connectivity index (χ0) is 15.8. The van der Waals surface area contributed by atoms with E-state index in [0.29, 0.717) is 18.6 Å². The van der Waals surface area contributed by atoms with Crippen molar-refractivity contribution in [2.24, 2.45) is 5.73 Å². The molecule has 3 N–H and O–H groups in total. The topological polar surface area (TPSA) is 81.4 Å². The highest BCUT2D eigenvalue weighted by molar-refractivity contribution is 7.89. The van der Waals surface area contributed by atoms with Gasteiger partial charge >= 0.3 is 0 Å². The number of halogens is 1.